The number of carbonyl (C=O) groups is 2. The lowest BCUT2D eigenvalue weighted by Crippen LogP contribution is -2.21. The summed E-state index contributed by atoms with van der Waals surface area (Å²) in [6.07, 6.45) is 0. The van der Waals surface area contributed by atoms with E-state index in [4.69, 9.17) is 21.1 Å². The third kappa shape index (κ3) is 6.28. The fraction of sp³-hybridized carbons (Fsp3) is 0.176. The molecule has 0 radical (unpaired) electrons. The van der Waals surface area contributed by atoms with Crippen molar-refractivity contribution in [3.63, 3.8) is 0 Å². The normalized spacial score (nSPS) is 10.2. The number of carbonyl (C=O) groups excluding carboxylic acids is 2. The van der Waals surface area contributed by atoms with Gasteiger partial charge in [0.2, 0.25) is 0 Å². The van der Waals surface area contributed by atoms with Crippen LogP contribution in [-0.4, -0.2) is 31.3 Å². The Morgan fingerprint density at radius 2 is 1.92 bits per heavy atom. The molecule has 0 saturated heterocycles. The number of rotatable bonds is 7. The number of methoxy groups -OCH3 is 1. The highest BCUT2D eigenvalue weighted by molar-refractivity contribution is 8.00. The molecule has 0 aliphatic rings. The minimum Gasteiger partial charge on any atom is -0.497 e. The highest BCUT2D eigenvalue weighted by Gasteiger charge is 2.10. The first-order valence-corrected chi connectivity index (χ1v) is 8.51. The van der Waals surface area contributed by atoms with Gasteiger partial charge in [-0.1, -0.05) is 11.6 Å². The van der Waals surface area contributed by atoms with E-state index in [1.165, 1.54) is 23.9 Å². The van der Waals surface area contributed by atoms with Gasteiger partial charge < -0.3 is 14.8 Å². The molecule has 0 heterocycles. The molecule has 132 valence electrons. The highest BCUT2D eigenvalue weighted by atomic mass is 35.5. The van der Waals surface area contributed by atoms with Crippen molar-refractivity contribution in [3.05, 3.63) is 53.3 Å². The molecule has 8 heteroatoms. The molecule has 2 rings (SSSR count). The molecule has 2 aromatic rings. The van der Waals surface area contributed by atoms with Crippen LogP contribution in [-0.2, 0) is 14.3 Å². The fourth-order valence-corrected chi connectivity index (χ4v) is 2.69. The molecule has 0 fully saturated rings. The van der Waals surface area contributed by atoms with Crippen LogP contribution in [0, 0.1) is 5.82 Å². The largest absolute Gasteiger partial charge is 0.497 e. The average molecular weight is 384 g/mol. The third-order valence-corrected chi connectivity index (χ3v) is 4.28. The summed E-state index contributed by atoms with van der Waals surface area (Å²) in [5.74, 6) is -0.804. The Morgan fingerprint density at radius 1 is 1.20 bits per heavy atom. The highest BCUT2D eigenvalue weighted by Crippen LogP contribution is 2.23. The van der Waals surface area contributed by atoms with Crippen LogP contribution in [0.15, 0.2) is 47.4 Å². The number of nitrogens with one attached hydrogen (secondary N) is 1. The van der Waals surface area contributed by atoms with Gasteiger partial charge in [-0.15, -0.1) is 11.8 Å². The molecule has 0 aliphatic carbocycles. The second kappa shape index (κ2) is 9.29. The van der Waals surface area contributed by atoms with Crippen molar-refractivity contribution in [3.8, 4) is 5.75 Å². The van der Waals surface area contributed by atoms with E-state index in [0.29, 0.717) is 0 Å². The van der Waals surface area contributed by atoms with Gasteiger partial charge >= 0.3 is 5.97 Å². The number of hydrogen-bond acceptors (Lipinski definition) is 5. The molecule has 0 spiro atoms. The molecule has 0 unspecified atom stereocenters. The summed E-state index contributed by atoms with van der Waals surface area (Å²) in [6.45, 7) is -0.449. The lowest BCUT2D eigenvalue weighted by atomic mass is 10.3. The minimum absolute atomic E-state index is 0.0646. The van der Waals surface area contributed by atoms with Crippen LogP contribution in [0.5, 0.6) is 5.75 Å². The summed E-state index contributed by atoms with van der Waals surface area (Å²) in [5.41, 5.74) is 0.247. The van der Waals surface area contributed by atoms with Crippen LogP contribution in [0.2, 0.25) is 5.02 Å². The molecule has 1 amide bonds. The van der Waals surface area contributed by atoms with Gasteiger partial charge in [0.25, 0.3) is 5.91 Å². The first-order chi connectivity index (χ1) is 12.0. The second-order valence-corrected chi connectivity index (χ2v) is 6.25. The molecule has 0 saturated carbocycles. The van der Waals surface area contributed by atoms with Crippen LogP contribution < -0.4 is 10.1 Å². The average Bonchev–Trinajstić information content (AvgIpc) is 2.61. The van der Waals surface area contributed by atoms with Crippen LogP contribution in [0.3, 0.4) is 0 Å². The molecule has 0 aliphatic heterocycles. The topological polar surface area (TPSA) is 64.6 Å². The van der Waals surface area contributed by atoms with Crippen LogP contribution in [0.4, 0.5) is 10.1 Å². The lowest BCUT2D eigenvalue weighted by molar-refractivity contribution is -0.144. The monoisotopic (exact) mass is 383 g/mol. The molecular formula is C17H15ClFNO4S. The number of ether oxygens (including phenoxy) is 2. The molecule has 0 aromatic heterocycles. The van der Waals surface area contributed by atoms with Gasteiger partial charge in [0, 0.05) is 4.90 Å². The van der Waals surface area contributed by atoms with Crippen molar-refractivity contribution >= 4 is 40.9 Å². The van der Waals surface area contributed by atoms with Gasteiger partial charge in [-0.3, -0.25) is 9.59 Å². The molecule has 2 aromatic carbocycles. The van der Waals surface area contributed by atoms with Crippen molar-refractivity contribution in [2.75, 3.05) is 24.8 Å². The summed E-state index contributed by atoms with van der Waals surface area (Å²) < 4.78 is 22.9. The van der Waals surface area contributed by atoms with E-state index in [1.54, 1.807) is 19.2 Å². The molecule has 25 heavy (non-hydrogen) atoms. The Hall–Kier alpha value is -2.25. The van der Waals surface area contributed by atoms with Gasteiger partial charge in [0.1, 0.15) is 11.6 Å². The fourth-order valence-electron chi connectivity index (χ4n) is 1.78. The first kappa shape index (κ1) is 19.1. The van der Waals surface area contributed by atoms with Crippen LogP contribution in [0.1, 0.15) is 0 Å². The summed E-state index contributed by atoms with van der Waals surface area (Å²) >= 11 is 7.08. The number of hydrogen-bond donors (Lipinski definition) is 1. The molecule has 0 bridgehead atoms. The maximum Gasteiger partial charge on any atom is 0.316 e. The Morgan fingerprint density at radius 3 is 2.56 bits per heavy atom. The Kier molecular flexibility index (Phi) is 7.09. The third-order valence-electron chi connectivity index (χ3n) is 2.99. The molecular weight excluding hydrogens is 369 g/mol. The van der Waals surface area contributed by atoms with Gasteiger partial charge in [0.05, 0.1) is 23.6 Å². The van der Waals surface area contributed by atoms with Crippen molar-refractivity contribution in [1.29, 1.82) is 0 Å². The minimum atomic E-state index is -0.559. The standard InChI is InChI=1S/C17H15ClFNO4S/c1-23-12-3-5-13(6-4-12)25-10-17(22)24-9-16(21)20-15-7-2-11(19)8-14(15)18/h2-8H,9-10H2,1H3,(H,20,21). The number of esters is 1. The van der Waals surface area contributed by atoms with Crippen molar-refractivity contribution in [2.24, 2.45) is 0 Å². The van der Waals surface area contributed by atoms with Crippen molar-refractivity contribution < 1.29 is 23.5 Å². The van der Waals surface area contributed by atoms with E-state index >= 15 is 0 Å². The van der Waals surface area contributed by atoms with Crippen molar-refractivity contribution in [2.45, 2.75) is 4.90 Å². The number of amides is 1. The number of benzene rings is 2. The van der Waals surface area contributed by atoms with E-state index in [1.807, 2.05) is 12.1 Å². The van der Waals surface area contributed by atoms with Gasteiger partial charge in [-0.2, -0.15) is 0 Å². The predicted molar refractivity (Wildman–Crippen MR) is 94.7 cm³/mol. The maximum absolute atomic E-state index is 12.9. The Labute approximate surface area is 153 Å². The number of halogens is 2. The zero-order valence-electron chi connectivity index (χ0n) is 13.3. The van der Waals surface area contributed by atoms with Gasteiger partial charge in [-0.25, -0.2) is 4.39 Å². The van der Waals surface area contributed by atoms with Crippen LogP contribution >= 0.6 is 23.4 Å². The first-order valence-electron chi connectivity index (χ1n) is 7.15. The maximum atomic E-state index is 12.9. The van der Waals surface area contributed by atoms with Gasteiger partial charge in [0.15, 0.2) is 6.61 Å². The van der Waals surface area contributed by atoms with E-state index in [9.17, 15) is 14.0 Å². The quantitative estimate of drug-likeness (QED) is 0.582. The van der Waals surface area contributed by atoms with E-state index in [-0.39, 0.29) is 16.5 Å². The summed E-state index contributed by atoms with van der Waals surface area (Å²) in [6, 6.07) is 10.8. The molecule has 5 nitrogen and oxygen atoms in total. The van der Waals surface area contributed by atoms with Gasteiger partial charge in [-0.05, 0) is 42.5 Å². The zero-order valence-corrected chi connectivity index (χ0v) is 14.8. The lowest BCUT2D eigenvalue weighted by Gasteiger charge is -2.08. The Balaban J connectivity index is 1.74. The van der Waals surface area contributed by atoms with E-state index in [2.05, 4.69) is 5.32 Å². The number of anilines is 1. The smallest absolute Gasteiger partial charge is 0.316 e. The molecule has 0 atom stereocenters. The van der Waals surface area contributed by atoms with Crippen LogP contribution in [0.25, 0.3) is 0 Å². The summed E-state index contributed by atoms with van der Waals surface area (Å²) in [7, 11) is 1.57. The predicted octanol–water partition coefficient (Wildman–Crippen LogP) is 3.76. The van der Waals surface area contributed by atoms with Crippen molar-refractivity contribution in [1.82, 2.24) is 0 Å². The van der Waals surface area contributed by atoms with E-state index in [0.717, 1.165) is 16.7 Å². The summed E-state index contributed by atoms with van der Waals surface area (Å²) in [4.78, 5) is 24.3. The zero-order chi connectivity index (χ0) is 18.2. The Bertz CT molecular complexity index is 755. The number of thioether (sulfide) groups is 1. The second-order valence-electron chi connectivity index (χ2n) is 4.80. The SMILES string of the molecule is COc1ccc(SCC(=O)OCC(=O)Nc2ccc(F)cc2Cl)cc1. The summed E-state index contributed by atoms with van der Waals surface area (Å²) in [5, 5.41) is 2.51. The molecule has 1 N–H and O–H groups in total. The van der Waals surface area contributed by atoms with E-state index < -0.39 is 24.3 Å².